The van der Waals surface area contributed by atoms with E-state index in [-0.39, 0.29) is 11.7 Å². The number of hydrogen-bond acceptors (Lipinski definition) is 3. The zero-order valence-corrected chi connectivity index (χ0v) is 13.2. The maximum absolute atomic E-state index is 12.5. The quantitative estimate of drug-likeness (QED) is 0.608. The van der Waals surface area contributed by atoms with Crippen molar-refractivity contribution in [1.82, 2.24) is 0 Å². The minimum Gasteiger partial charge on any atom is -0.375 e. The van der Waals surface area contributed by atoms with Crippen molar-refractivity contribution in [3.8, 4) is 5.75 Å². The fourth-order valence-electron chi connectivity index (χ4n) is 2.08. The van der Waals surface area contributed by atoms with Crippen LogP contribution in [0, 0.1) is 12.8 Å². The van der Waals surface area contributed by atoms with Crippen molar-refractivity contribution in [2.45, 2.75) is 46.0 Å². The molecular weight excluding hydrogens is 305 g/mol. The van der Waals surface area contributed by atoms with Gasteiger partial charge in [0.25, 0.3) is 0 Å². The molecular formula is C14H19F3O3S. The van der Waals surface area contributed by atoms with Gasteiger partial charge < -0.3 is 4.18 Å². The van der Waals surface area contributed by atoms with E-state index in [0.717, 1.165) is 0 Å². The molecule has 1 rings (SSSR count). The molecule has 0 amide bonds. The average Bonchev–Trinajstić information content (AvgIpc) is 2.31. The summed E-state index contributed by atoms with van der Waals surface area (Å²) >= 11 is 0. The second-order valence-corrected chi connectivity index (χ2v) is 6.82. The SMILES string of the molecule is CCc1c(C)ccc(CC(C)C)c1OS(=O)(=O)C(F)(F)F. The van der Waals surface area contributed by atoms with Gasteiger partial charge in [-0.25, -0.2) is 0 Å². The molecule has 0 aliphatic rings. The second kappa shape index (κ2) is 6.25. The molecule has 0 spiro atoms. The Morgan fingerprint density at radius 2 is 1.81 bits per heavy atom. The standard InChI is InChI=1S/C14H19F3O3S/c1-5-12-10(4)6-7-11(8-9(2)3)13(12)20-21(18,19)14(15,16)17/h6-7,9H,5,8H2,1-4H3. The first kappa shape index (κ1) is 17.8. The summed E-state index contributed by atoms with van der Waals surface area (Å²) in [7, 11) is -5.66. The maximum atomic E-state index is 12.5. The predicted octanol–water partition coefficient (Wildman–Crippen LogP) is 3.98. The second-order valence-electron chi connectivity index (χ2n) is 5.28. The molecule has 0 atom stereocenters. The van der Waals surface area contributed by atoms with Crippen molar-refractivity contribution in [2.24, 2.45) is 5.92 Å². The molecule has 21 heavy (non-hydrogen) atoms. The zero-order valence-electron chi connectivity index (χ0n) is 12.4. The Morgan fingerprint density at radius 3 is 2.24 bits per heavy atom. The van der Waals surface area contributed by atoms with E-state index >= 15 is 0 Å². The molecule has 0 aliphatic carbocycles. The van der Waals surface area contributed by atoms with Crippen LogP contribution in [0.4, 0.5) is 13.2 Å². The van der Waals surface area contributed by atoms with Crippen LogP contribution in [0.2, 0.25) is 0 Å². The van der Waals surface area contributed by atoms with E-state index in [9.17, 15) is 21.6 Å². The Morgan fingerprint density at radius 1 is 1.24 bits per heavy atom. The Kier molecular flexibility index (Phi) is 5.30. The van der Waals surface area contributed by atoms with Crippen LogP contribution in [-0.4, -0.2) is 13.9 Å². The lowest BCUT2D eigenvalue weighted by atomic mass is 9.96. The molecule has 7 heteroatoms. The van der Waals surface area contributed by atoms with Crippen LogP contribution in [0.3, 0.4) is 0 Å². The molecule has 0 unspecified atom stereocenters. The normalized spacial score (nSPS) is 12.8. The minimum absolute atomic E-state index is 0.161. The summed E-state index contributed by atoms with van der Waals surface area (Å²) in [5.41, 5.74) is -3.77. The molecule has 0 saturated heterocycles. The van der Waals surface area contributed by atoms with Gasteiger partial charge in [-0.1, -0.05) is 32.9 Å². The lowest BCUT2D eigenvalue weighted by Crippen LogP contribution is -2.29. The predicted molar refractivity (Wildman–Crippen MR) is 74.7 cm³/mol. The minimum atomic E-state index is -5.66. The molecule has 1 aromatic rings. The Hall–Kier alpha value is -1.24. The van der Waals surface area contributed by atoms with Gasteiger partial charge in [-0.05, 0) is 42.4 Å². The van der Waals surface area contributed by atoms with E-state index in [0.29, 0.717) is 29.5 Å². The van der Waals surface area contributed by atoms with Crippen molar-refractivity contribution in [3.05, 3.63) is 28.8 Å². The van der Waals surface area contributed by atoms with Crippen molar-refractivity contribution in [1.29, 1.82) is 0 Å². The highest BCUT2D eigenvalue weighted by atomic mass is 32.2. The number of rotatable bonds is 5. The van der Waals surface area contributed by atoms with Crippen LogP contribution in [0.25, 0.3) is 0 Å². The summed E-state index contributed by atoms with van der Waals surface area (Å²) in [6, 6.07) is 3.39. The number of aryl methyl sites for hydroxylation is 1. The molecule has 120 valence electrons. The van der Waals surface area contributed by atoms with Crippen LogP contribution in [0.15, 0.2) is 12.1 Å². The van der Waals surface area contributed by atoms with Crippen molar-refractivity contribution < 1.29 is 25.8 Å². The van der Waals surface area contributed by atoms with E-state index in [1.165, 1.54) is 0 Å². The monoisotopic (exact) mass is 324 g/mol. The topological polar surface area (TPSA) is 43.4 Å². The van der Waals surface area contributed by atoms with Gasteiger partial charge in [0.1, 0.15) is 5.75 Å². The highest BCUT2D eigenvalue weighted by Crippen LogP contribution is 2.34. The molecule has 0 aromatic heterocycles. The van der Waals surface area contributed by atoms with Crippen LogP contribution < -0.4 is 4.18 Å². The van der Waals surface area contributed by atoms with Gasteiger partial charge in [-0.15, -0.1) is 0 Å². The molecule has 0 heterocycles. The van der Waals surface area contributed by atoms with E-state index in [1.807, 2.05) is 13.8 Å². The van der Waals surface area contributed by atoms with E-state index in [4.69, 9.17) is 0 Å². The van der Waals surface area contributed by atoms with Crippen LogP contribution in [-0.2, 0) is 23.0 Å². The summed E-state index contributed by atoms with van der Waals surface area (Å²) in [5, 5.41) is 0. The first-order valence-electron chi connectivity index (χ1n) is 6.61. The Balaban J connectivity index is 3.41. The van der Waals surface area contributed by atoms with E-state index < -0.39 is 15.6 Å². The first-order chi connectivity index (χ1) is 9.49. The van der Waals surface area contributed by atoms with E-state index in [2.05, 4.69) is 4.18 Å². The third-order valence-corrected chi connectivity index (χ3v) is 3.99. The molecule has 0 bridgehead atoms. The summed E-state index contributed by atoms with van der Waals surface area (Å²) in [5.74, 6) is -0.0168. The fourth-order valence-corrected chi connectivity index (χ4v) is 2.60. The number of halogens is 3. The van der Waals surface area contributed by atoms with Gasteiger partial charge in [0.2, 0.25) is 0 Å². The van der Waals surface area contributed by atoms with Gasteiger partial charge in [0.15, 0.2) is 0 Å². The number of hydrogen-bond donors (Lipinski definition) is 0. The highest BCUT2D eigenvalue weighted by molar-refractivity contribution is 7.88. The van der Waals surface area contributed by atoms with Crippen molar-refractivity contribution in [2.75, 3.05) is 0 Å². The summed E-state index contributed by atoms with van der Waals surface area (Å²) in [4.78, 5) is 0. The first-order valence-corrected chi connectivity index (χ1v) is 8.02. The van der Waals surface area contributed by atoms with Gasteiger partial charge in [-0.2, -0.15) is 21.6 Å². The fraction of sp³-hybridized carbons (Fsp3) is 0.571. The number of benzene rings is 1. The van der Waals surface area contributed by atoms with E-state index in [1.54, 1.807) is 26.0 Å². The Labute approximate surface area is 123 Å². The molecule has 3 nitrogen and oxygen atoms in total. The van der Waals surface area contributed by atoms with Gasteiger partial charge in [-0.3, -0.25) is 0 Å². The lowest BCUT2D eigenvalue weighted by Gasteiger charge is -2.18. The largest absolute Gasteiger partial charge is 0.534 e. The zero-order chi connectivity index (χ0) is 16.4. The molecule has 0 aliphatic heterocycles. The summed E-state index contributed by atoms with van der Waals surface area (Å²) in [6.45, 7) is 7.25. The molecule has 0 N–H and O–H groups in total. The average molecular weight is 324 g/mol. The maximum Gasteiger partial charge on any atom is 0.534 e. The highest BCUT2D eigenvalue weighted by Gasteiger charge is 2.49. The van der Waals surface area contributed by atoms with Crippen molar-refractivity contribution >= 4 is 10.1 Å². The third kappa shape index (κ3) is 4.12. The van der Waals surface area contributed by atoms with Crippen molar-refractivity contribution in [3.63, 3.8) is 0 Å². The molecule has 0 saturated carbocycles. The summed E-state index contributed by atoms with van der Waals surface area (Å²) < 4.78 is 64.6. The Bertz CT molecular complexity index is 605. The van der Waals surface area contributed by atoms with Gasteiger partial charge in [0.05, 0.1) is 0 Å². The van der Waals surface area contributed by atoms with Crippen LogP contribution in [0.5, 0.6) is 5.75 Å². The van der Waals surface area contributed by atoms with Gasteiger partial charge >= 0.3 is 15.6 Å². The third-order valence-electron chi connectivity index (χ3n) is 3.03. The molecule has 0 fully saturated rings. The van der Waals surface area contributed by atoms with Crippen LogP contribution >= 0.6 is 0 Å². The summed E-state index contributed by atoms with van der Waals surface area (Å²) in [6.07, 6.45) is 0.830. The smallest absolute Gasteiger partial charge is 0.375 e. The lowest BCUT2D eigenvalue weighted by molar-refractivity contribution is -0.0500. The molecule has 1 aromatic carbocycles. The van der Waals surface area contributed by atoms with Crippen LogP contribution in [0.1, 0.15) is 37.5 Å². The molecule has 0 radical (unpaired) electrons. The number of alkyl halides is 3. The van der Waals surface area contributed by atoms with Gasteiger partial charge in [0, 0.05) is 0 Å².